The van der Waals surface area contributed by atoms with E-state index in [1.54, 1.807) is 24.3 Å². The molecule has 3 rings (SSSR count). The summed E-state index contributed by atoms with van der Waals surface area (Å²) in [5.74, 6) is 0.874. The Kier molecular flexibility index (Phi) is 5.26. The van der Waals surface area contributed by atoms with Crippen LogP contribution in [0.4, 0.5) is 0 Å². The molecule has 0 radical (unpaired) electrons. The van der Waals surface area contributed by atoms with Crippen molar-refractivity contribution < 1.29 is 22.9 Å². The molecular formula is C19H21O5P. The third kappa shape index (κ3) is 3.94. The molecule has 6 heteroatoms. The third-order valence-corrected chi connectivity index (χ3v) is 5.43. The first kappa shape index (κ1) is 17.7. The lowest BCUT2D eigenvalue weighted by molar-refractivity contribution is 0.0994. The van der Waals surface area contributed by atoms with Crippen LogP contribution in [-0.2, 0) is 21.9 Å². The minimum atomic E-state index is -3.85. The van der Waals surface area contributed by atoms with Crippen molar-refractivity contribution in [3.05, 3.63) is 59.2 Å². The molecule has 0 saturated carbocycles. The number of Topliss-reactive ketones (excluding diaryl/α,β-unsaturated/α-hetero) is 1. The van der Waals surface area contributed by atoms with Crippen molar-refractivity contribution in [1.29, 1.82) is 0 Å². The fourth-order valence-corrected chi connectivity index (χ4v) is 3.90. The number of fused-ring (bicyclic) bond motifs is 1. The molecule has 25 heavy (non-hydrogen) atoms. The van der Waals surface area contributed by atoms with Gasteiger partial charge in [0.05, 0.1) is 0 Å². The van der Waals surface area contributed by atoms with Crippen molar-refractivity contribution in [2.45, 2.75) is 32.6 Å². The molecule has 0 aliphatic heterocycles. The Labute approximate surface area is 147 Å². The number of phosphoric ester groups is 1. The maximum atomic E-state index is 12.9. The summed E-state index contributed by atoms with van der Waals surface area (Å²) in [6, 6.07) is 12.5. The number of benzene rings is 2. The van der Waals surface area contributed by atoms with E-state index in [-0.39, 0.29) is 5.78 Å². The molecule has 5 nitrogen and oxygen atoms in total. The molecule has 0 N–H and O–H groups in total. The summed E-state index contributed by atoms with van der Waals surface area (Å²) in [7, 11) is -2.56. The normalized spacial score (nSPS) is 15.5. The van der Waals surface area contributed by atoms with Crippen molar-refractivity contribution in [3.8, 4) is 11.5 Å². The van der Waals surface area contributed by atoms with E-state index >= 15 is 0 Å². The van der Waals surface area contributed by atoms with Crippen LogP contribution in [0.15, 0.2) is 42.5 Å². The maximum Gasteiger partial charge on any atom is 0.587 e. The molecule has 0 fully saturated rings. The average Bonchev–Trinajstić information content (AvgIpc) is 2.98. The van der Waals surface area contributed by atoms with Gasteiger partial charge in [0.15, 0.2) is 5.78 Å². The minimum Gasteiger partial charge on any atom is -0.395 e. The predicted molar refractivity (Wildman–Crippen MR) is 95.4 cm³/mol. The number of hydrogen-bond donors (Lipinski definition) is 0. The van der Waals surface area contributed by atoms with Crippen LogP contribution < -0.4 is 9.05 Å². The number of hydrogen-bond acceptors (Lipinski definition) is 5. The van der Waals surface area contributed by atoms with Crippen LogP contribution in [0.3, 0.4) is 0 Å². The molecule has 0 saturated heterocycles. The topological polar surface area (TPSA) is 61.8 Å². The molecule has 2 aromatic rings. The van der Waals surface area contributed by atoms with Crippen LogP contribution >= 0.6 is 7.82 Å². The minimum absolute atomic E-state index is 0.0703. The van der Waals surface area contributed by atoms with Gasteiger partial charge >= 0.3 is 7.82 Å². The van der Waals surface area contributed by atoms with E-state index in [2.05, 4.69) is 6.92 Å². The maximum absolute atomic E-state index is 12.9. The Morgan fingerprint density at radius 2 is 1.88 bits per heavy atom. The number of phosphoric acid groups is 1. The molecule has 0 spiro atoms. The predicted octanol–water partition coefficient (Wildman–Crippen LogP) is 4.98. The highest BCUT2D eigenvalue weighted by molar-refractivity contribution is 7.49. The van der Waals surface area contributed by atoms with Gasteiger partial charge in [0.2, 0.25) is 0 Å². The van der Waals surface area contributed by atoms with Gasteiger partial charge < -0.3 is 9.05 Å². The Bertz CT molecular complexity index is 830. The first-order valence-electron chi connectivity index (χ1n) is 8.33. The van der Waals surface area contributed by atoms with Crippen LogP contribution in [0, 0.1) is 0 Å². The molecule has 0 aromatic heterocycles. The van der Waals surface area contributed by atoms with E-state index in [1.807, 2.05) is 18.2 Å². The highest BCUT2D eigenvalue weighted by atomic mass is 31.2. The quantitative estimate of drug-likeness (QED) is 0.652. The van der Waals surface area contributed by atoms with E-state index < -0.39 is 7.82 Å². The summed E-state index contributed by atoms with van der Waals surface area (Å²) < 4.78 is 29.1. The first-order valence-corrected chi connectivity index (χ1v) is 9.79. The van der Waals surface area contributed by atoms with Crippen molar-refractivity contribution >= 4 is 13.6 Å². The monoisotopic (exact) mass is 360 g/mol. The number of rotatable bonds is 7. The highest BCUT2D eigenvalue weighted by Gasteiger charge is 2.32. The molecular weight excluding hydrogens is 339 g/mol. The van der Waals surface area contributed by atoms with Gasteiger partial charge in [0.1, 0.15) is 11.5 Å². The summed E-state index contributed by atoms with van der Waals surface area (Å²) in [5.41, 5.74) is 2.46. The molecule has 0 amide bonds. The Balaban J connectivity index is 1.84. The van der Waals surface area contributed by atoms with Crippen molar-refractivity contribution in [3.63, 3.8) is 0 Å². The van der Waals surface area contributed by atoms with E-state index in [4.69, 9.17) is 13.6 Å². The summed E-state index contributed by atoms with van der Waals surface area (Å²) in [6.45, 7) is 2.09. The Morgan fingerprint density at radius 3 is 2.64 bits per heavy atom. The SMILES string of the molecule is CCCc1cccc(OP(=O)(OC)Oc2cccc3c2CCC3=O)c1. The number of ketones is 1. The van der Waals surface area contributed by atoms with Crippen molar-refractivity contribution in [2.75, 3.05) is 7.11 Å². The van der Waals surface area contributed by atoms with Crippen LogP contribution in [-0.4, -0.2) is 12.9 Å². The molecule has 1 aliphatic carbocycles. The van der Waals surface area contributed by atoms with Crippen LogP contribution in [0.5, 0.6) is 11.5 Å². The number of carbonyl (C=O) groups excluding carboxylic acids is 1. The largest absolute Gasteiger partial charge is 0.587 e. The summed E-state index contributed by atoms with van der Waals surface area (Å²) in [5, 5.41) is 0. The Hall–Kier alpha value is -2.10. The molecule has 0 heterocycles. The standard InChI is InChI=1S/C19H21O5P/c1-3-6-14-7-4-8-15(13-14)23-25(21,22-2)24-19-10-5-9-16-17(19)11-12-18(16)20/h4-5,7-10,13H,3,6,11-12H2,1-2H3. The molecule has 0 bridgehead atoms. The summed E-state index contributed by atoms with van der Waals surface area (Å²) in [6.07, 6.45) is 2.92. The smallest absolute Gasteiger partial charge is 0.395 e. The van der Waals surface area contributed by atoms with Gasteiger partial charge in [-0.25, -0.2) is 4.57 Å². The first-order chi connectivity index (χ1) is 12.0. The van der Waals surface area contributed by atoms with Crippen molar-refractivity contribution in [2.24, 2.45) is 0 Å². The molecule has 2 aromatic carbocycles. The lowest BCUT2D eigenvalue weighted by Crippen LogP contribution is -2.05. The summed E-state index contributed by atoms with van der Waals surface area (Å²) in [4.78, 5) is 11.9. The third-order valence-electron chi connectivity index (χ3n) is 4.12. The van der Waals surface area contributed by atoms with E-state index in [0.29, 0.717) is 29.9 Å². The number of aryl methyl sites for hydroxylation is 1. The van der Waals surface area contributed by atoms with Crippen LogP contribution in [0.2, 0.25) is 0 Å². The van der Waals surface area contributed by atoms with Gasteiger partial charge in [0.25, 0.3) is 0 Å². The van der Waals surface area contributed by atoms with Gasteiger partial charge in [-0.05, 0) is 36.6 Å². The van der Waals surface area contributed by atoms with Crippen LogP contribution in [0.25, 0.3) is 0 Å². The second kappa shape index (κ2) is 7.42. The van der Waals surface area contributed by atoms with Crippen LogP contribution in [0.1, 0.15) is 41.3 Å². The fourth-order valence-electron chi connectivity index (χ4n) is 2.93. The highest BCUT2D eigenvalue weighted by Crippen LogP contribution is 2.50. The zero-order chi connectivity index (χ0) is 17.9. The van der Waals surface area contributed by atoms with Crippen molar-refractivity contribution in [1.82, 2.24) is 0 Å². The summed E-state index contributed by atoms with van der Waals surface area (Å²) >= 11 is 0. The molecule has 1 atom stereocenters. The molecule has 132 valence electrons. The lowest BCUT2D eigenvalue weighted by Gasteiger charge is -2.19. The van der Waals surface area contributed by atoms with E-state index in [1.165, 1.54) is 7.11 Å². The van der Waals surface area contributed by atoms with Gasteiger partial charge in [-0.15, -0.1) is 0 Å². The molecule has 1 unspecified atom stereocenters. The van der Waals surface area contributed by atoms with E-state index in [9.17, 15) is 9.36 Å². The van der Waals surface area contributed by atoms with Gasteiger partial charge in [-0.3, -0.25) is 9.32 Å². The molecule has 1 aliphatic rings. The lowest BCUT2D eigenvalue weighted by atomic mass is 10.1. The fraction of sp³-hybridized carbons (Fsp3) is 0.316. The zero-order valence-electron chi connectivity index (χ0n) is 14.4. The zero-order valence-corrected chi connectivity index (χ0v) is 15.3. The number of carbonyl (C=O) groups is 1. The van der Waals surface area contributed by atoms with E-state index in [0.717, 1.165) is 24.0 Å². The van der Waals surface area contributed by atoms with Gasteiger partial charge in [-0.2, -0.15) is 0 Å². The Morgan fingerprint density at radius 1 is 1.08 bits per heavy atom. The van der Waals surface area contributed by atoms with Gasteiger partial charge in [0, 0.05) is 24.7 Å². The second-order valence-electron chi connectivity index (χ2n) is 5.92. The average molecular weight is 360 g/mol. The second-order valence-corrected chi connectivity index (χ2v) is 7.54. The van der Waals surface area contributed by atoms with Gasteiger partial charge in [-0.1, -0.05) is 37.6 Å².